The first-order valence-corrected chi connectivity index (χ1v) is 8.54. The molecule has 0 fully saturated rings. The number of aromatic nitrogens is 4. The summed E-state index contributed by atoms with van der Waals surface area (Å²) in [6.07, 6.45) is -0.617. The number of ether oxygens (including phenoxy) is 1. The zero-order valence-electron chi connectivity index (χ0n) is 13.1. The molecule has 0 amide bonds. The van der Waals surface area contributed by atoms with Gasteiger partial charge in [0, 0.05) is 12.4 Å². The van der Waals surface area contributed by atoms with Gasteiger partial charge in [0.25, 0.3) is 0 Å². The predicted octanol–water partition coefficient (Wildman–Crippen LogP) is 3.88. The summed E-state index contributed by atoms with van der Waals surface area (Å²) in [6.45, 7) is -1.15. The van der Waals surface area contributed by atoms with Crippen LogP contribution in [0.25, 0.3) is 16.7 Å². The van der Waals surface area contributed by atoms with Gasteiger partial charge >= 0.3 is 6.18 Å². The van der Waals surface area contributed by atoms with E-state index in [1.165, 1.54) is 18.1 Å². The number of thioether (sulfide) groups is 1. The maximum absolute atomic E-state index is 12.0. The van der Waals surface area contributed by atoms with Crippen LogP contribution in [0, 0.1) is 0 Å². The molecule has 0 N–H and O–H groups in total. The van der Waals surface area contributed by atoms with E-state index in [-0.39, 0.29) is 6.61 Å². The SMILES string of the molecule is FC(F)(F)COCCCSc1ncnc2c1cnn2-c1ccccc1. The Bertz CT molecular complexity index is 823. The Hall–Kier alpha value is -2.13. The molecule has 0 spiro atoms. The minimum Gasteiger partial charge on any atom is -0.372 e. The van der Waals surface area contributed by atoms with E-state index >= 15 is 0 Å². The van der Waals surface area contributed by atoms with Crippen molar-refractivity contribution in [1.82, 2.24) is 19.7 Å². The Morgan fingerprint density at radius 1 is 1.12 bits per heavy atom. The third-order valence-electron chi connectivity index (χ3n) is 3.27. The summed E-state index contributed by atoms with van der Waals surface area (Å²) in [4.78, 5) is 8.54. The number of fused-ring (bicyclic) bond motifs is 1. The van der Waals surface area contributed by atoms with E-state index in [1.807, 2.05) is 30.3 Å². The molecule has 0 atom stereocenters. The van der Waals surface area contributed by atoms with Gasteiger partial charge in [0.1, 0.15) is 18.0 Å². The van der Waals surface area contributed by atoms with Gasteiger partial charge in [-0.05, 0) is 18.6 Å². The van der Waals surface area contributed by atoms with E-state index in [0.29, 0.717) is 17.8 Å². The van der Waals surface area contributed by atoms with Crippen LogP contribution in [0.4, 0.5) is 13.2 Å². The average molecular weight is 368 g/mol. The smallest absolute Gasteiger partial charge is 0.372 e. The lowest BCUT2D eigenvalue weighted by molar-refractivity contribution is -0.173. The quantitative estimate of drug-likeness (QED) is 0.360. The lowest BCUT2D eigenvalue weighted by Crippen LogP contribution is -2.17. The van der Waals surface area contributed by atoms with Gasteiger partial charge in [0.2, 0.25) is 0 Å². The Kier molecular flexibility index (Phi) is 5.54. The van der Waals surface area contributed by atoms with Crippen molar-refractivity contribution in [3.05, 3.63) is 42.9 Å². The third kappa shape index (κ3) is 4.70. The molecule has 0 unspecified atom stereocenters. The Labute approximate surface area is 146 Å². The molecule has 0 aliphatic heterocycles. The fourth-order valence-electron chi connectivity index (χ4n) is 2.21. The van der Waals surface area contributed by atoms with Gasteiger partial charge in [0.15, 0.2) is 5.65 Å². The zero-order chi connectivity index (χ0) is 17.7. The summed E-state index contributed by atoms with van der Waals surface area (Å²) < 4.78 is 42.3. The van der Waals surface area contributed by atoms with Crippen molar-refractivity contribution in [3.8, 4) is 5.69 Å². The van der Waals surface area contributed by atoms with E-state index in [2.05, 4.69) is 19.8 Å². The molecule has 132 valence electrons. The van der Waals surface area contributed by atoms with Crippen molar-refractivity contribution in [1.29, 1.82) is 0 Å². The molecule has 0 saturated heterocycles. The lowest BCUT2D eigenvalue weighted by Gasteiger charge is -2.07. The van der Waals surface area contributed by atoms with Crippen molar-refractivity contribution in [2.24, 2.45) is 0 Å². The second-order valence-electron chi connectivity index (χ2n) is 5.18. The van der Waals surface area contributed by atoms with Crippen LogP contribution in [0.1, 0.15) is 6.42 Å². The number of rotatable bonds is 7. The van der Waals surface area contributed by atoms with Crippen molar-refractivity contribution < 1.29 is 17.9 Å². The summed E-state index contributed by atoms with van der Waals surface area (Å²) in [5.41, 5.74) is 1.59. The van der Waals surface area contributed by atoms with Crippen LogP contribution in [0.15, 0.2) is 47.9 Å². The lowest BCUT2D eigenvalue weighted by atomic mass is 10.3. The summed E-state index contributed by atoms with van der Waals surface area (Å²) in [5.74, 6) is 0.598. The topological polar surface area (TPSA) is 52.8 Å². The van der Waals surface area contributed by atoms with E-state index < -0.39 is 12.8 Å². The van der Waals surface area contributed by atoms with Gasteiger partial charge in [-0.3, -0.25) is 0 Å². The maximum atomic E-state index is 12.0. The molecule has 0 radical (unpaired) electrons. The van der Waals surface area contributed by atoms with Crippen LogP contribution in [0.3, 0.4) is 0 Å². The maximum Gasteiger partial charge on any atom is 0.411 e. The molecule has 0 saturated carbocycles. The minimum absolute atomic E-state index is 0.0595. The molecule has 5 nitrogen and oxygen atoms in total. The molecule has 3 aromatic rings. The van der Waals surface area contributed by atoms with Gasteiger partial charge in [0.05, 0.1) is 17.3 Å². The standard InChI is InChI=1S/C16H15F3N4OS/c17-16(18,19)10-24-7-4-8-25-15-13-9-22-23(14(13)20-11-21-15)12-5-2-1-3-6-12/h1-3,5-6,9,11H,4,7-8,10H2. The molecule has 0 aliphatic rings. The van der Waals surface area contributed by atoms with Crippen LogP contribution in [0.5, 0.6) is 0 Å². The summed E-state index contributed by atoms with van der Waals surface area (Å²) >= 11 is 1.45. The van der Waals surface area contributed by atoms with Gasteiger partial charge in [-0.1, -0.05) is 18.2 Å². The number of alkyl halides is 3. The first kappa shape index (κ1) is 17.7. The summed E-state index contributed by atoms with van der Waals surface area (Å²) in [5, 5.41) is 5.93. The fourth-order valence-corrected chi connectivity index (χ4v) is 3.09. The van der Waals surface area contributed by atoms with Crippen molar-refractivity contribution in [2.75, 3.05) is 19.0 Å². The molecule has 25 heavy (non-hydrogen) atoms. The molecular weight excluding hydrogens is 353 g/mol. The largest absolute Gasteiger partial charge is 0.411 e. The van der Waals surface area contributed by atoms with E-state index in [4.69, 9.17) is 0 Å². The van der Waals surface area contributed by atoms with Crippen molar-refractivity contribution >= 4 is 22.8 Å². The molecule has 0 bridgehead atoms. The Morgan fingerprint density at radius 3 is 2.68 bits per heavy atom. The minimum atomic E-state index is -4.28. The van der Waals surface area contributed by atoms with Crippen LogP contribution >= 0.6 is 11.8 Å². The summed E-state index contributed by atoms with van der Waals surface area (Å²) in [6, 6.07) is 9.62. The van der Waals surface area contributed by atoms with Crippen LogP contribution in [-0.4, -0.2) is 44.9 Å². The monoisotopic (exact) mass is 368 g/mol. The van der Waals surface area contributed by atoms with Gasteiger partial charge in [-0.25, -0.2) is 14.6 Å². The molecular formula is C16H15F3N4OS. The highest BCUT2D eigenvalue weighted by Crippen LogP contribution is 2.26. The Balaban J connectivity index is 1.62. The number of benzene rings is 1. The highest BCUT2D eigenvalue weighted by Gasteiger charge is 2.27. The molecule has 0 aliphatic carbocycles. The van der Waals surface area contributed by atoms with Crippen molar-refractivity contribution in [3.63, 3.8) is 0 Å². The average Bonchev–Trinajstić information content (AvgIpc) is 3.02. The van der Waals surface area contributed by atoms with Gasteiger partial charge < -0.3 is 4.74 Å². The van der Waals surface area contributed by atoms with Gasteiger partial charge in [-0.15, -0.1) is 11.8 Å². The number of hydrogen-bond donors (Lipinski definition) is 0. The number of hydrogen-bond acceptors (Lipinski definition) is 5. The fraction of sp³-hybridized carbons (Fsp3) is 0.312. The second-order valence-corrected chi connectivity index (χ2v) is 6.26. The first-order chi connectivity index (χ1) is 12.0. The molecule has 2 heterocycles. The Morgan fingerprint density at radius 2 is 1.92 bits per heavy atom. The number of nitrogens with zero attached hydrogens (tertiary/aromatic N) is 4. The third-order valence-corrected chi connectivity index (χ3v) is 4.36. The van der Waals surface area contributed by atoms with E-state index in [0.717, 1.165) is 16.1 Å². The van der Waals surface area contributed by atoms with Gasteiger partial charge in [-0.2, -0.15) is 18.3 Å². The molecule has 3 rings (SSSR count). The molecule has 9 heteroatoms. The van der Waals surface area contributed by atoms with E-state index in [1.54, 1.807) is 10.9 Å². The molecule has 2 aromatic heterocycles. The number of halogens is 3. The number of para-hydroxylation sites is 1. The second kappa shape index (κ2) is 7.83. The summed E-state index contributed by atoms with van der Waals surface area (Å²) in [7, 11) is 0. The first-order valence-electron chi connectivity index (χ1n) is 7.56. The van der Waals surface area contributed by atoms with Crippen molar-refractivity contribution in [2.45, 2.75) is 17.6 Å². The zero-order valence-corrected chi connectivity index (χ0v) is 13.9. The van der Waals surface area contributed by atoms with E-state index in [9.17, 15) is 13.2 Å². The van der Waals surface area contributed by atoms with Crippen LogP contribution < -0.4 is 0 Å². The van der Waals surface area contributed by atoms with Crippen LogP contribution in [-0.2, 0) is 4.74 Å². The highest BCUT2D eigenvalue weighted by molar-refractivity contribution is 7.99. The van der Waals surface area contributed by atoms with Crippen LogP contribution in [0.2, 0.25) is 0 Å². The highest BCUT2D eigenvalue weighted by atomic mass is 32.2. The predicted molar refractivity (Wildman–Crippen MR) is 88.9 cm³/mol. The molecule has 1 aromatic carbocycles. The normalized spacial score (nSPS) is 12.0.